The van der Waals surface area contributed by atoms with Gasteiger partial charge in [-0.1, -0.05) is 29.8 Å². The highest BCUT2D eigenvalue weighted by Crippen LogP contribution is 2.13. The average Bonchev–Trinajstić information content (AvgIpc) is 2.23. The molecule has 0 radical (unpaired) electrons. The van der Waals surface area contributed by atoms with Gasteiger partial charge >= 0.3 is 0 Å². The normalized spacial score (nSPS) is 18.4. The number of hydrogen-bond acceptors (Lipinski definition) is 1. The van der Waals surface area contributed by atoms with Gasteiger partial charge in [-0.2, -0.15) is 11.8 Å². The number of thioether (sulfide) groups is 1. The maximum atomic E-state index is 6.12. The Hall–Kier alpha value is -0.180. The van der Waals surface area contributed by atoms with E-state index < -0.39 is 0 Å². The van der Waals surface area contributed by atoms with E-state index in [4.69, 9.17) is 11.6 Å². The minimum Gasteiger partial charge on any atom is -0.330 e. The molecule has 0 spiro atoms. The van der Waals surface area contributed by atoms with Crippen LogP contribution in [0.5, 0.6) is 0 Å². The second-order valence-electron chi connectivity index (χ2n) is 3.63. The Morgan fingerprint density at radius 3 is 2.64 bits per heavy atom. The molecular weight excluding hydrogens is 214 g/mol. The zero-order chi connectivity index (χ0) is 9.80. The van der Waals surface area contributed by atoms with E-state index in [2.05, 4.69) is 23.9 Å². The Kier molecular flexibility index (Phi) is 3.74. The molecule has 1 aromatic rings. The van der Waals surface area contributed by atoms with Gasteiger partial charge in [-0.05, 0) is 6.07 Å². The lowest BCUT2D eigenvalue weighted by Gasteiger charge is -2.23. The van der Waals surface area contributed by atoms with Crippen molar-refractivity contribution in [1.29, 1.82) is 0 Å². The minimum absolute atomic E-state index is 0.915. The first-order chi connectivity index (χ1) is 6.86. The summed E-state index contributed by atoms with van der Waals surface area (Å²) in [6.07, 6.45) is 0. The fraction of sp³-hybridized carbons (Fsp3) is 0.455. The predicted molar refractivity (Wildman–Crippen MR) is 63.2 cm³/mol. The van der Waals surface area contributed by atoms with E-state index in [0.29, 0.717) is 0 Å². The second-order valence-corrected chi connectivity index (χ2v) is 5.26. The van der Waals surface area contributed by atoms with Crippen molar-refractivity contribution in [2.45, 2.75) is 6.54 Å². The van der Waals surface area contributed by atoms with Crippen molar-refractivity contribution in [3.8, 4) is 0 Å². The van der Waals surface area contributed by atoms with Crippen LogP contribution >= 0.6 is 23.4 Å². The summed E-state index contributed by atoms with van der Waals surface area (Å²) in [4.78, 5) is 1.66. The van der Waals surface area contributed by atoms with Crippen LogP contribution in [0.4, 0.5) is 0 Å². The van der Waals surface area contributed by atoms with Crippen LogP contribution in [0.2, 0.25) is 5.02 Å². The number of nitrogens with one attached hydrogen (secondary N) is 1. The van der Waals surface area contributed by atoms with E-state index in [0.717, 1.165) is 11.6 Å². The molecule has 76 valence electrons. The molecular formula is C11H15ClNS+. The third-order valence-electron chi connectivity index (χ3n) is 2.60. The van der Waals surface area contributed by atoms with Crippen LogP contribution in [-0.4, -0.2) is 24.6 Å². The van der Waals surface area contributed by atoms with E-state index in [1.807, 2.05) is 12.1 Å². The molecule has 0 bridgehead atoms. The number of quaternary nitrogens is 1. The van der Waals surface area contributed by atoms with Crippen LogP contribution in [0.25, 0.3) is 0 Å². The highest BCUT2D eigenvalue weighted by atomic mass is 35.5. The van der Waals surface area contributed by atoms with Crippen molar-refractivity contribution >= 4 is 23.4 Å². The number of hydrogen-bond donors (Lipinski definition) is 1. The summed E-state index contributed by atoms with van der Waals surface area (Å²) in [6.45, 7) is 3.63. The Morgan fingerprint density at radius 1 is 1.21 bits per heavy atom. The Labute approximate surface area is 94.4 Å². The largest absolute Gasteiger partial charge is 0.330 e. The van der Waals surface area contributed by atoms with Crippen LogP contribution in [0.15, 0.2) is 24.3 Å². The summed E-state index contributed by atoms with van der Waals surface area (Å²) in [5, 5.41) is 0.915. The molecule has 1 nitrogen and oxygen atoms in total. The fourth-order valence-corrected chi connectivity index (χ4v) is 3.02. The summed E-state index contributed by atoms with van der Waals surface area (Å²) in [5.41, 5.74) is 1.29. The van der Waals surface area contributed by atoms with E-state index in [1.54, 1.807) is 4.90 Å². The molecule has 0 saturated carbocycles. The van der Waals surface area contributed by atoms with Gasteiger partial charge in [-0.3, -0.25) is 0 Å². The highest BCUT2D eigenvalue weighted by Gasteiger charge is 2.14. The predicted octanol–water partition coefficient (Wildman–Crippen LogP) is 1.47. The lowest BCUT2D eigenvalue weighted by molar-refractivity contribution is -0.910. The molecule has 1 aliphatic rings. The fourth-order valence-electron chi connectivity index (χ4n) is 1.75. The highest BCUT2D eigenvalue weighted by molar-refractivity contribution is 7.99. The van der Waals surface area contributed by atoms with Gasteiger partial charge in [-0.15, -0.1) is 0 Å². The van der Waals surface area contributed by atoms with Crippen molar-refractivity contribution in [2.75, 3.05) is 24.6 Å². The van der Waals surface area contributed by atoms with Crippen LogP contribution in [0.3, 0.4) is 0 Å². The molecule has 2 rings (SSSR count). The Bertz CT molecular complexity index is 297. The zero-order valence-electron chi connectivity index (χ0n) is 8.13. The number of halogens is 1. The van der Waals surface area contributed by atoms with E-state index in [9.17, 15) is 0 Å². The van der Waals surface area contributed by atoms with Crippen LogP contribution in [-0.2, 0) is 6.54 Å². The second kappa shape index (κ2) is 5.06. The average molecular weight is 229 g/mol. The van der Waals surface area contributed by atoms with Gasteiger partial charge in [-0.25, -0.2) is 0 Å². The third kappa shape index (κ3) is 2.66. The molecule has 0 atom stereocenters. The minimum atomic E-state index is 0.915. The van der Waals surface area contributed by atoms with Gasteiger partial charge in [0, 0.05) is 22.1 Å². The first-order valence-corrected chi connectivity index (χ1v) is 6.54. The van der Waals surface area contributed by atoms with Gasteiger partial charge in [0.25, 0.3) is 0 Å². The molecule has 14 heavy (non-hydrogen) atoms. The summed E-state index contributed by atoms with van der Waals surface area (Å²) in [7, 11) is 0. The van der Waals surface area contributed by atoms with Crippen LogP contribution < -0.4 is 4.90 Å². The summed E-state index contributed by atoms with van der Waals surface area (Å²) >= 11 is 8.18. The monoisotopic (exact) mass is 228 g/mol. The van der Waals surface area contributed by atoms with Gasteiger partial charge < -0.3 is 4.90 Å². The van der Waals surface area contributed by atoms with Crippen LogP contribution in [0, 0.1) is 0 Å². The lowest BCUT2D eigenvalue weighted by atomic mass is 10.2. The number of benzene rings is 1. The van der Waals surface area contributed by atoms with Crippen molar-refractivity contribution < 1.29 is 4.90 Å². The first kappa shape index (κ1) is 10.3. The topological polar surface area (TPSA) is 4.44 Å². The molecule has 3 heteroatoms. The van der Waals surface area contributed by atoms with Gasteiger partial charge in [0.1, 0.15) is 6.54 Å². The molecule has 1 fully saturated rings. The Morgan fingerprint density at radius 2 is 1.93 bits per heavy atom. The molecule has 0 unspecified atom stereocenters. The maximum Gasteiger partial charge on any atom is 0.104 e. The molecule has 1 N–H and O–H groups in total. The maximum absolute atomic E-state index is 6.12. The van der Waals surface area contributed by atoms with Gasteiger partial charge in [0.05, 0.1) is 13.1 Å². The van der Waals surface area contributed by atoms with Crippen molar-refractivity contribution in [2.24, 2.45) is 0 Å². The summed E-state index contributed by atoms with van der Waals surface area (Å²) in [5.74, 6) is 2.58. The van der Waals surface area contributed by atoms with E-state index >= 15 is 0 Å². The molecule has 1 heterocycles. The van der Waals surface area contributed by atoms with E-state index in [1.165, 1.54) is 30.2 Å². The van der Waals surface area contributed by atoms with Crippen molar-refractivity contribution in [1.82, 2.24) is 0 Å². The van der Waals surface area contributed by atoms with Crippen molar-refractivity contribution in [3.05, 3.63) is 34.9 Å². The van der Waals surface area contributed by atoms with E-state index in [-0.39, 0.29) is 0 Å². The Balaban J connectivity index is 1.99. The summed E-state index contributed by atoms with van der Waals surface area (Å²) < 4.78 is 0. The zero-order valence-corrected chi connectivity index (χ0v) is 9.70. The molecule has 0 aromatic heterocycles. The molecule has 1 aromatic carbocycles. The first-order valence-electron chi connectivity index (χ1n) is 5.01. The smallest absolute Gasteiger partial charge is 0.104 e. The number of rotatable bonds is 2. The standard InChI is InChI=1S/C11H14ClNS/c12-11-4-2-1-3-10(11)9-13-5-7-14-8-6-13/h1-4H,5-9H2/p+1. The van der Waals surface area contributed by atoms with Crippen LogP contribution in [0.1, 0.15) is 5.56 Å². The molecule has 1 saturated heterocycles. The summed E-state index contributed by atoms with van der Waals surface area (Å²) in [6, 6.07) is 8.18. The van der Waals surface area contributed by atoms with Crippen molar-refractivity contribution in [3.63, 3.8) is 0 Å². The molecule has 0 amide bonds. The molecule has 1 aliphatic heterocycles. The van der Waals surface area contributed by atoms with Gasteiger partial charge in [0.15, 0.2) is 0 Å². The SMILES string of the molecule is Clc1ccccc1C[NH+]1CCSCC1. The van der Waals surface area contributed by atoms with Gasteiger partial charge in [0.2, 0.25) is 0 Å². The lowest BCUT2D eigenvalue weighted by Crippen LogP contribution is -3.12. The molecule has 0 aliphatic carbocycles. The third-order valence-corrected chi connectivity index (χ3v) is 3.95. The quantitative estimate of drug-likeness (QED) is 0.804.